The minimum absolute atomic E-state index is 0.0665. The molecule has 0 spiro atoms. The molecule has 1 saturated heterocycles. The Hall–Kier alpha value is -3.27. The van der Waals surface area contributed by atoms with Crippen molar-refractivity contribution in [3.8, 4) is 5.75 Å². The van der Waals surface area contributed by atoms with Gasteiger partial charge in [-0.1, -0.05) is 13.2 Å². The van der Waals surface area contributed by atoms with Gasteiger partial charge in [-0.15, -0.1) is 0 Å². The van der Waals surface area contributed by atoms with Crippen LogP contribution in [0.4, 0.5) is 8.78 Å². The van der Waals surface area contributed by atoms with Crippen LogP contribution in [0.3, 0.4) is 0 Å². The molecule has 2 aliphatic carbocycles. The Morgan fingerprint density at radius 2 is 2.09 bits per heavy atom. The predicted octanol–water partition coefficient (Wildman–Crippen LogP) is 2.07. The van der Waals surface area contributed by atoms with Gasteiger partial charge < -0.3 is 24.3 Å². The number of carbonyl (C=O) groups is 2. The van der Waals surface area contributed by atoms with E-state index in [1.807, 2.05) is 0 Å². The lowest BCUT2D eigenvalue weighted by Gasteiger charge is -2.45. The molecular weight excluding hydrogens is 436 g/mol. The first kappa shape index (κ1) is 21.6. The second kappa shape index (κ2) is 7.65. The Kier molecular flexibility index (Phi) is 5.00. The Bertz CT molecular complexity index is 1190. The maximum atomic E-state index is 13.8. The Balaban J connectivity index is 1.47. The lowest BCUT2D eigenvalue weighted by atomic mass is 10.0. The summed E-state index contributed by atoms with van der Waals surface area (Å²) >= 11 is 0. The third-order valence-corrected chi connectivity index (χ3v) is 7.03. The van der Waals surface area contributed by atoms with E-state index in [-0.39, 0.29) is 41.6 Å². The lowest BCUT2D eigenvalue weighted by molar-refractivity contribution is -0.144. The minimum atomic E-state index is -1.07. The van der Waals surface area contributed by atoms with E-state index in [4.69, 9.17) is 9.47 Å². The first-order chi connectivity index (χ1) is 15.8. The fourth-order valence-corrected chi connectivity index (χ4v) is 5.40. The third-order valence-electron chi connectivity index (χ3n) is 7.03. The van der Waals surface area contributed by atoms with Crippen LogP contribution in [0.15, 0.2) is 47.5 Å². The molecule has 1 aromatic heterocycles. The highest BCUT2D eigenvalue weighted by molar-refractivity contribution is 5.99. The number of fused-ring (bicyclic) bond motifs is 8. The van der Waals surface area contributed by atoms with Crippen LogP contribution in [-0.4, -0.2) is 53.3 Å². The second-order valence-electron chi connectivity index (χ2n) is 8.73. The first-order valence-electron chi connectivity index (χ1n) is 10.7. The van der Waals surface area contributed by atoms with Gasteiger partial charge in [0.1, 0.15) is 17.2 Å². The van der Waals surface area contributed by atoms with Crippen molar-refractivity contribution in [2.45, 2.75) is 37.8 Å². The van der Waals surface area contributed by atoms with Crippen LogP contribution < -0.4 is 15.5 Å². The molecule has 5 rings (SSSR count). The van der Waals surface area contributed by atoms with Crippen molar-refractivity contribution < 1.29 is 27.8 Å². The van der Waals surface area contributed by atoms with E-state index >= 15 is 0 Å². The number of nitrogens with zero attached hydrogens (tertiary/aromatic N) is 2. The van der Waals surface area contributed by atoms with Gasteiger partial charge in [-0.05, 0) is 30.8 Å². The molecule has 3 heterocycles. The van der Waals surface area contributed by atoms with E-state index < -0.39 is 41.3 Å². The Labute approximate surface area is 188 Å². The predicted molar refractivity (Wildman–Crippen MR) is 113 cm³/mol. The van der Waals surface area contributed by atoms with Crippen molar-refractivity contribution in [3.05, 3.63) is 64.1 Å². The molecule has 0 aromatic carbocycles. The van der Waals surface area contributed by atoms with Gasteiger partial charge in [0.05, 0.1) is 19.8 Å². The van der Waals surface area contributed by atoms with Crippen molar-refractivity contribution >= 4 is 11.8 Å². The number of hydrogen-bond donors (Lipinski definition) is 1. The van der Waals surface area contributed by atoms with Gasteiger partial charge in [-0.3, -0.25) is 14.4 Å². The van der Waals surface area contributed by atoms with Crippen LogP contribution in [0.2, 0.25) is 0 Å². The Morgan fingerprint density at radius 3 is 2.76 bits per heavy atom. The smallest absolute Gasteiger partial charge is 0.276 e. The summed E-state index contributed by atoms with van der Waals surface area (Å²) in [7, 11) is 1.25. The van der Waals surface area contributed by atoms with Gasteiger partial charge in [-0.2, -0.15) is 0 Å². The van der Waals surface area contributed by atoms with E-state index in [9.17, 15) is 23.2 Å². The zero-order valence-corrected chi connectivity index (χ0v) is 18.0. The molecule has 1 N–H and O–H groups in total. The summed E-state index contributed by atoms with van der Waals surface area (Å²) in [5, 5.41) is 2.32. The molecule has 5 unspecified atom stereocenters. The highest BCUT2D eigenvalue weighted by Gasteiger charge is 2.63. The van der Waals surface area contributed by atoms with Crippen LogP contribution in [0.1, 0.15) is 33.7 Å². The molecule has 0 radical (unpaired) electrons. The van der Waals surface area contributed by atoms with Crippen molar-refractivity contribution in [3.63, 3.8) is 0 Å². The molecule has 2 amide bonds. The number of amides is 2. The van der Waals surface area contributed by atoms with Crippen LogP contribution in [-0.2, 0) is 11.3 Å². The van der Waals surface area contributed by atoms with Crippen LogP contribution in [0.5, 0.6) is 5.75 Å². The number of aromatic nitrogens is 1. The van der Waals surface area contributed by atoms with Crippen LogP contribution >= 0.6 is 0 Å². The third kappa shape index (κ3) is 3.23. The fourth-order valence-electron chi connectivity index (χ4n) is 5.40. The molecule has 5 atom stereocenters. The number of carbonyl (C=O) groups excluding carboxylic acids is 2. The molecule has 2 aliphatic heterocycles. The molecule has 174 valence electrons. The van der Waals surface area contributed by atoms with E-state index in [1.54, 1.807) is 4.90 Å². The maximum Gasteiger partial charge on any atom is 0.276 e. The van der Waals surface area contributed by atoms with Gasteiger partial charge in [0.15, 0.2) is 17.7 Å². The number of pyridine rings is 1. The monoisotopic (exact) mass is 459 g/mol. The molecule has 8 nitrogen and oxygen atoms in total. The summed E-state index contributed by atoms with van der Waals surface area (Å²) in [6, 6.07) is 0.0848. The topological polar surface area (TPSA) is 89.9 Å². The molecule has 3 fully saturated rings. The van der Waals surface area contributed by atoms with Gasteiger partial charge >= 0.3 is 0 Å². The van der Waals surface area contributed by atoms with Gasteiger partial charge in [0.25, 0.3) is 11.8 Å². The lowest BCUT2D eigenvalue weighted by Crippen LogP contribution is -2.58. The van der Waals surface area contributed by atoms with Crippen LogP contribution in [0.25, 0.3) is 0 Å². The SMILES string of the molecule is C=CC(F)=C(CNC(=O)c1cn2c(c(OC)c1=O)C(=O)N1C(C2)OC2CC1C1CC21)C(=C)F. The zero-order valence-electron chi connectivity index (χ0n) is 18.0. The van der Waals surface area contributed by atoms with Crippen molar-refractivity contribution in [2.75, 3.05) is 13.7 Å². The van der Waals surface area contributed by atoms with Gasteiger partial charge in [-0.25, -0.2) is 8.78 Å². The summed E-state index contributed by atoms with van der Waals surface area (Å²) in [5.41, 5.74) is -1.52. The Morgan fingerprint density at radius 1 is 1.33 bits per heavy atom. The number of halogens is 2. The summed E-state index contributed by atoms with van der Waals surface area (Å²) < 4.78 is 40.3. The minimum Gasteiger partial charge on any atom is -0.491 e. The number of rotatable bonds is 6. The summed E-state index contributed by atoms with van der Waals surface area (Å²) in [4.78, 5) is 40.9. The van der Waals surface area contributed by atoms with Crippen molar-refractivity contribution in [1.82, 2.24) is 14.8 Å². The number of nitrogens with one attached hydrogen (secondary N) is 1. The van der Waals surface area contributed by atoms with Gasteiger partial charge in [0.2, 0.25) is 5.43 Å². The largest absolute Gasteiger partial charge is 0.491 e. The van der Waals surface area contributed by atoms with E-state index in [0.29, 0.717) is 11.8 Å². The molecular formula is C23H23F2N3O5. The molecule has 10 heteroatoms. The number of allylic oxidation sites excluding steroid dienone is 2. The normalized spacial score (nSPS) is 29.4. The molecule has 2 saturated carbocycles. The van der Waals surface area contributed by atoms with Crippen molar-refractivity contribution in [2.24, 2.45) is 11.8 Å². The standard InChI is InChI=1S/C23H23F2N3O5/c1-4-15(25)13(10(2)24)7-26-22(30)14-8-27-9-18-28(16-6-17(33-18)12-5-11(12)16)23(31)19(27)21(32-3)20(14)29/h4,8,11-12,16-18H,1-2,5-7,9H2,3H3,(H,26,30). The number of hydrogen-bond acceptors (Lipinski definition) is 5. The summed E-state index contributed by atoms with van der Waals surface area (Å²) in [6.07, 6.45) is 3.53. The quantitative estimate of drug-likeness (QED) is 0.658. The molecule has 33 heavy (non-hydrogen) atoms. The average Bonchev–Trinajstić information content (AvgIpc) is 3.53. The number of methoxy groups -OCH3 is 1. The van der Waals surface area contributed by atoms with Crippen LogP contribution in [0, 0.1) is 11.8 Å². The van der Waals surface area contributed by atoms with Crippen molar-refractivity contribution in [1.29, 1.82) is 0 Å². The molecule has 1 aromatic rings. The summed E-state index contributed by atoms with van der Waals surface area (Å²) in [6.45, 7) is 5.97. The van der Waals surface area contributed by atoms with E-state index in [1.165, 1.54) is 17.9 Å². The molecule has 4 aliphatic rings. The zero-order chi connectivity index (χ0) is 23.6. The average molecular weight is 459 g/mol. The van der Waals surface area contributed by atoms with E-state index in [2.05, 4.69) is 18.5 Å². The maximum absolute atomic E-state index is 13.8. The highest BCUT2D eigenvalue weighted by atomic mass is 19.1. The molecule has 2 bridgehead atoms. The highest BCUT2D eigenvalue weighted by Crippen LogP contribution is 2.58. The first-order valence-corrected chi connectivity index (χ1v) is 10.7. The summed E-state index contributed by atoms with van der Waals surface area (Å²) in [5.74, 6) is -2.62. The fraction of sp³-hybridized carbons (Fsp3) is 0.435. The number of ether oxygens (including phenoxy) is 2. The van der Waals surface area contributed by atoms with Gasteiger partial charge in [0, 0.05) is 24.4 Å². The van der Waals surface area contributed by atoms with E-state index in [0.717, 1.165) is 18.9 Å². The second-order valence-corrected chi connectivity index (χ2v) is 8.73.